The van der Waals surface area contributed by atoms with Crippen molar-refractivity contribution >= 4 is 5.91 Å². The second kappa shape index (κ2) is 7.71. The molecule has 1 heterocycles. The number of nitrogens with zero attached hydrogens (tertiary/aromatic N) is 1. The Labute approximate surface area is 148 Å². The molecule has 1 amide bonds. The molecule has 0 saturated carbocycles. The maximum atomic E-state index is 12.0. The number of amides is 1. The van der Waals surface area contributed by atoms with Crippen LogP contribution in [-0.2, 0) is 18.4 Å². The number of aryl methyl sites for hydroxylation is 1. The molecule has 0 bridgehead atoms. The van der Waals surface area contributed by atoms with Gasteiger partial charge in [0.15, 0.2) is 6.61 Å². The van der Waals surface area contributed by atoms with Gasteiger partial charge in [-0.25, -0.2) is 0 Å². The predicted octanol–water partition coefficient (Wildman–Crippen LogP) is 3.70. The maximum absolute atomic E-state index is 12.0. The number of carbonyl (C=O) groups excluding carboxylic acids is 1. The lowest BCUT2D eigenvalue weighted by molar-refractivity contribution is -0.123. The van der Waals surface area contributed by atoms with Gasteiger partial charge in [-0.1, -0.05) is 42.5 Å². The minimum absolute atomic E-state index is 0.00802. The van der Waals surface area contributed by atoms with Gasteiger partial charge in [0.25, 0.3) is 5.91 Å². The van der Waals surface area contributed by atoms with E-state index in [1.807, 2.05) is 68.6 Å². The molecule has 0 radical (unpaired) electrons. The van der Waals surface area contributed by atoms with Crippen LogP contribution in [0.15, 0.2) is 66.7 Å². The smallest absolute Gasteiger partial charge is 0.258 e. The number of carbonyl (C=O) groups is 1. The molecule has 4 heteroatoms. The quantitative estimate of drug-likeness (QED) is 0.747. The third kappa shape index (κ3) is 4.29. The number of aromatic nitrogens is 1. The van der Waals surface area contributed by atoms with Gasteiger partial charge in [-0.3, -0.25) is 4.79 Å². The lowest BCUT2D eigenvalue weighted by Crippen LogP contribution is -2.29. The molecule has 0 saturated heterocycles. The fourth-order valence-electron chi connectivity index (χ4n) is 2.61. The number of ether oxygens (including phenoxy) is 1. The van der Waals surface area contributed by atoms with Crippen molar-refractivity contribution in [1.82, 2.24) is 9.88 Å². The molecular weight excluding hydrogens is 312 g/mol. The predicted molar refractivity (Wildman–Crippen MR) is 99.4 cm³/mol. The van der Waals surface area contributed by atoms with Crippen LogP contribution in [0, 0.1) is 6.92 Å². The second-order valence-corrected chi connectivity index (χ2v) is 5.98. The number of benzene rings is 2. The summed E-state index contributed by atoms with van der Waals surface area (Å²) in [6, 6.07) is 22.0. The SMILES string of the molecule is Cc1ccc(CNC(=O)COc2ccc(-c3ccccc3)cc2)n1C. The average Bonchev–Trinajstić information content (AvgIpc) is 2.98. The van der Waals surface area contributed by atoms with Crippen LogP contribution >= 0.6 is 0 Å². The van der Waals surface area contributed by atoms with E-state index in [-0.39, 0.29) is 12.5 Å². The molecule has 3 rings (SSSR count). The van der Waals surface area contributed by atoms with E-state index < -0.39 is 0 Å². The molecule has 0 spiro atoms. The Kier molecular flexibility index (Phi) is 5.19. The highest BCUT2D eigenvalue weighted by Gasteiger charge is 2.06. The van der Waals surface area contributed by atoms with E-state index in [0.29, 0.717) is 12.3 Å². The Hall–Kier alpha value is -3.01. The average molecular weight is 334 g/mol. The number of hydrogen-bond donors (Lipinski definition) is 1. The zero-order valence-corrected chi connectivity index (χ0v) is 14.5. The van der Waals surface area contributed by atoms with Crippen LogP contribution in [0.3, 0.4) is 0 Å². The van der Waals surface area contributed by atoms with Gasteiger partial charge >= 0.3 is 0 Å². The van der Waals surface area contributed by atoms with E-state index in [1.165, 1.54) is 5.69 Å². The first-order valence-electron chi connectivity index (χ1n) is 8.29. The molecule has 25 heavy (non-hydrogen) atoms. The van der Waals surface area contributed by atoms with Crippen molar-refractivity contribution in [2.24, 2.45) is 7.05 Å². The van der Waals surface area contributed by atoms with E-state index in [1.54, 1.807) is 0 Å². The summed E-state index contributed by atoms with van der Waals surface area (Å²) >= 11 is 0. The molecular formula is C21H22N2O2. The van der Waals surface area contributed by atoms with Crippen LogP contribution in [0.25, 0.3) is 11.1 Å². The molecule has 0 aliphatic rings. The molecule has 2 aromatic carbocycles. The van der Waals surface area contributed by atoms with Crippen LogP contribution in [0.1, 0.15) is 11.4 Å². The lowest BCUT2D eigenvalue weighted by Gasteiger charge is -2.09. The maximum Gasteiger partial charge on any atom is 0.258 e. The summed E-state index contributed by atoms with van der Waals surface area (Å²) in [6.45, 7) is 2.54. The fraction of sp³-hybridized carbons (Fsp3) is 0.190. The third-order valence-electron chi connectivity index (χ3n) is 4.27. The monoisotopic (exact) mass is 334 g/mol. The van der Waals surface area contributed by atoms with Crippen LogP contribution in [0.2, 0.25) is 0 Å². The second-order valence-electron chi connectivity index (χ2n) is 5.98. The molecule has 4 nitrogen and oxygen atoms in total. The summed E-state index contributed by atoms with van der Waals surface area (Å²) in [7, 11) is 1.99. The summed E-state index contributed by atoms with van der Waals surface area (Å²) in [5, 5.41) is 2.88. The summed E-state index contributed by atoms with van der Waals surface area (Å²) in [5.41, 5.74) is 4.51. The number of nitrogens with one attached hydrogen (secondary N) is 1. The highest BCUT2D eigenvalue weighted by molar-refractivity contribution is 5.77. The van der Waals surface area contributed by atoms with Crippen LogP contribution < -0.4 is 10.1 Å². The molecule has 1 N–H and O–H groups in total. The molecule has 1 aromatic heterocycles. The zero-order chi connectivity index (χ0) is 17.6. The minimum Gasteiger partial charge on any atom is -0.484 e. The van der Waals surface area contributed by atoms with Crippen molar-refractivity contribution < 1.29 is 9.53 Å². The van der Waals surface area contributed by atoms with E-state index in [2.05, 4.69) is 22.0 Å². The van der Waals surface area contributed by atoms with Gasteiger partial charge in [0.1, 0.15) is 5.75 Å². The highest BCUT2D eigenvalue weighted by Crippen LogP contribution is 2.21. The van der Waals surface area contributed by atoms with Gasteiger partial charge in [0.05, 0.1) is 6.54 Å². The molecule has 0 aliphatic heterocycles. The van der Waals surface area contributed by atoms with Crippen molar-refractivity contribution in [2.45, 2.75) is 13.5 Å². The Morgan fingerprint density at radius 2 is 1.64 bits per heavy atom. The molecule has 0 aliphatic carbocycles. The van der Waals surface area contributed by atoms with Crippen molar-refractivity contribution in [3.63, 3.8) is 0 Å². The highest BCUT2D eigenvalue weighted by atomic mass is 16.5. The Morgan fingerprint density at radius 1 is 0.960 bits per heavy atom. The first kappa shape index (κ1) is 16.8. The topological polar surface area (TPSA) is 43.3 Å². The normalized spacial score (nSPS) is 10.5. The van der Waals surface area contributed by atoms with Crippen LogP contribution in [0.4, 0.5) is 0 Å². The van der Waals surface area contributed by atoms with Crippen LogP contribution in [0.5, 0.6) is 5.75 Å². The summed E-state index contributed by atoms with van der Waals surface area (Å²) in [4.78, 5) is 12.0. The number of rotatable bonds is 6. The van der Waals surface area contributed by atoms with Gasteiger partial charge in [-0.15, -0.1) is 0 Å². The molecule has 0 fully saturated rings. The van der Waals surface area contributed by atoms with E-state index in [0.717, 1.165) is 16.8 Å². The Morgan fingerprint density at radius 3 is 2.28 bits per heavy atom. The number of hydrogen-bond acceptors (Lipinski definition) is 2. The molecule has 3 aromatic rings. The Bertz CT molecular complexity index is 836. The van der Waals surface area contributed by atoms with E-state index >= 15 is 0 Å². The molecule has 0 unspecified atom stereocenters. The van der Waals surface area contributed by atoms with Gasteiger partial charge < -0.3 is 14.6 Å². The first-order chi connectivity index (χ1) is 12.1. The van der Waals surface area contributed by atoms with Crippen LogP contribution in [-0.4, -0.2) is 17.1 Å². The summed E-state index contributed by atoms with van der Waals surface area (Å²) in [6.07, 6.45) is 0. The van der Waals surface area contributed by atoms with E-state index in [9.17, 15) is 4.79 Å². The lowest BCUT2D eigenvalue weighted by atomic mass is 10.1. The standard InChI is InChI=1S/C21H22N2O2/c1-16-8-11-19(23(16)2)14-22-21(24)15-25-20-12-9-18(10-13-20)17-6-4-3-5-7-17/h3-13H,14-15H2,1-2H3,(H,22,24). The van der Waals surface area contributed by atoms with Gasteiger partial charge in [-0.2, -0.15) is 0 Å². The van der Waals surface area contributed by atoms with Gasteiger partial charge in [0.2, 0.25) is 0 Å². The fourth-order valence-corrected chi connectivity index (χ4v) is 2.61. The zero-order valence-electron chi connectivity index (χ0n) is 14.5. The van der Waals surface area contributed by atoms with Gasteiger partial charge in [0, 0.05) is 18.4 Å². The van der Waals surface area contributed by atoms with Crippen molar-refractivity contribution in [2.75, 3.05) is 6.61 Å². The van der Waals surface area contributed by atoms with E-state index in [4.69, 9.17) is 4.74 Å². The minimum atomic E-state index is -0.133. The molecule has 0 atom stereocenters. The van der Waals surface area contributed by atoms with Crippen molar-refractivity contribution in [1.29, 1.82) is 0 Å². The van der Waals surface area contributed by atoms with Gasteiger partial charge in [-0.05, 0) is 42.3 Å². The van der Waals surface area contributed by atoms with Crippen molar-refractivity contribution in [3.8, 4) is 16.9 Å². The van der Waals surface area contributed by atoms with Crippen molar-refractivity contribution in [3.05, 3.63) is 78.1 Å². The largest absolute Gasteiger partial charge is 0.484 e. The Balaban J connectivity index is 1.49. The first-order valence-corrected chi connectivity index (χ1v) is 8.29. The third-order valence-corrected chi connectivity index (χ3v) is 4.27. The summed E-state index contributed by atoms with van der Waals surface area (Å²) in [5.74, 6) is 0.551. The molecule has 128 valence electrons. The summed E-state index contributed by atoms with van der Waals surface area (Å²) < 4.78 is 7.62.